The van der Waals surface area contributed by atoms with Crippen molar-refractivity contribution in [3.8, 4) is 5.69 Å². The van der Waals surface area contributed by atoms with Gasteiger partial charge in [0.1, 0.15) is 17.3 Å². The monoisotopic (exact) mass is 408 g/mol. The number of halogens is 5. The van der Waals surface area contributed by atoms with Gasteiger partial charge in [-0.3, -0.25) is 9.78 Å². The van der Waals surface area contributed by atoms with Crippen LogP contribution in [0.1, 0.15) is 39.8 Å². The highest BCUT2D eigenvalue weighted by Gasteiger charge is 2.33. The fraction of sp³-hybridized carbons (Fsp3) is 0.211. The molecule has 2 heterocycles. The number of nitrogens with zero attached hydrogens (tertiary/aromatic N) is 3. The summed E-state index contributed by atoms with van der Waals surface area (Å²) in [5.41, 5.74) is 0.252. The maximum Gasteiger partial charge on any atom is 0.433 e. The average molecular weight is 408 g/mol. The van der Waals surface area contributed by atoms with Crippen LogP contribution in [0.5, 0.6) is 0 Å². The second-order valence-corrected chi connectivity index (χ2v) is 6.60. The molecule has 0 unspecified atom stereocenters. The highest BCUT2D eigenvalue weighted by molar-refractivity contribution is 5.94. The predicted octanol–water partition coefficient (Wildman–Crippen LogP) is 3.98. The Bertz CT molecular complexity index is 1070. The molecule has 150 valence electrons. The zero-order valence-electron chi connectivity index (χ0n) is 14.7. The molecule has 2 aromatic heterocycles. The maximum atomic E-state index is 13.3. The van der Waals surface area contributed by atoms with Gasteiger partial charge in [0.25, 0.3) is 5.91 Å². The lowest BCUT2D eigenvalue weighted by Crippen LogP contribution is -2.27. The number of aromatic nitrogens is 3. The van der Waals surface area contributed by atoms with Gasteiger partial charge in [-0.2, -0.15) is 18.3 Å². The number of amides is 1. The Morgan fingerprint density at radius 1 is 1.14 bits per heavy atom. The van der Waals surface area contributed by atoms with Crippen molar-refractivity contribution in [2.75, 3.05) is 0 Å². The molecule has 29 heavy (non-hydrogen) atoms. The lowest BCUT2D eigenvalue weighted by Gasteiger charge is -2.13. The first-order chi connectivity index (χ1) is 13.7. The average Bonchev–Trinajstić information content (AvgIpc) is 3.22. The molecular weight excluding hydrogens is 395 g/mol. The number of pyridine rings is 1. The van der Waals surface area contributed by atoms with Crippen molar-refractivity contribution in [3.05, 3.63) is 76.9 Å². The van der Waals surface area contributed by atoms with Crippen molar-refractivity contribution < 1.29 is 26.7 Å². The van der Waals surface area contributed by atoms with E-state index in [0.29, 0.717) is 30.2 Å². The van der Waals surface area contributed by atoms with E-state index < -0.39 is 35.5 Å². The normalized spacial score (nSPS) is 16.0. The third kappa shape index (κ3) is 3.82. The van der Waals surface area contributed by atoms with Crippen LogP contribution in [0.15, 0.2) is 42.7 Å². The molecule has 0 saturated heterocycles. The molecule has 1 amide bonds. The molecule has 0 saturated carbocycles. The molecule has 4 rings (SSSR count). The summed E-state index contributed by atoms with van der Waals surface area (Å²) in [7, 11) is 0. The topological polar surface area (TPSA) is 59.8 Å². The van der Waals surface area contributed by atoms with Crippen molar-refractivity contribution in [2.24, 2.45) is 0 Å². The number of carbonyl (C=O) groups is 1. The summed E-state index contributed by atoms with van der Waals surface area (Å²) in [5.74, 6) is -2.39. The SMILES string of the molecule is O=C(N[C@@H]1CCc2nn(-c3ccnc(C(F)(F)F)c3)cc21)c1cc(F)cc(F)c1. The first-order valence-electron chi connectivity index (χ1n) is 8.60. The summed E-state index contributed by atoms with van der Waals surface area (Å²) >= 11 is 0. The van der Waals surface area contributed by atoms with Crippen LogP contribution in [-0.2, 0) is 12.6 Å². The van der Waals surface area contributed by atoms with Gasteiger partial charge in [-0.1, -0.05) is 0 Å². The zero-order valence-corrected chi connectivity index (χ0v) is 14.7. The van der Waals surface area contributed by atoms with Crippen molar-refractivity contribution >= 4 is 5.91 Å². The summed E-state index contributed by atoms with van der Waals surface area (Å²) in [4.78, 5) is 15.7. The van der Waals surface area contributed by atoms with Crippen LogP contribution < -0.4 is 5.32 Å². The Hall–Kier alpha value is -3.30. The summed E-state index contributed by atoms with van der Waals surface area (Å²) in [6.45, 7) is 0. The molecule has 1 N–H and O–H groups in total. The number of rotatable bonds is 3. The highest BCUT2D eigenvalue weighted by atomic mass is 19.4. The van der Waals surface area contributed by atoms with Crippen LogP contribution in [0.2, 0.25) is 0 Å². The second kappa shape index (κ2) is 6.94. The summed E-state index contributed by atoms with van der Waals surface area (Å²) in [5, 5.41) is 6.98. The predicted molar refractivity (Wildman–Crippen MR) is 91.2 cm³/mol. The number of hydrogen-bond donors (Lipinski definition) is 1. The van der Waals surface area contributed by atoms with Gasteiger partial charge >= 0.3 is 6.18 Å². The van der Waals surface area contributed by atoms with E-state index >= 15 is 0 Å². The molecule has 5 nitrogen and oxygen atoms in total. The summed E-state index contributed by atoms with van der Waals surface area (Å²) < 4.78 is 66.6. The van der Waals surface area contributed by atoms with E-state index in [1.54, 1.807) is 0 Å². The Labute approximate surface area is 161 Å². The maximum absolute atomic E-state index is 13.3. The Morgan fingerprint density at radius 2 is 1.86 bits per heavy atom. The number of fused-ring (bicyclic) bond motifs is 1. The fourth-order valence-electron chi connectivity index (χ4n) is 3.27. The molecule has 0 bridgehead atoms. The minimum atomic E-state index is -4.58. The Kier molecular flexibility index (Phi) is 4.56. The largest absolute Gasteiger partial charge is 0.433 e. The quantitative estimate of drug-likeness (QED) is 0.667. The minimum absolute atomic E-state index is 0.160. The van der Waals surface area contributed by atoms with E-state index in [1.165, 1.54) is 16.9 Å². The Morgan fingerprint density at radius 3 is 2.55 bits per heavy atom. The van der Waals surface area contributed by atoms with Gasteiger partial charge in [0, 0.05) is 29.6 Å². The van der Waals surface area contributed by atoms with Gasteiger partial charge in [0.15, 0.2) is 0 Å². The van der Waals surface area contributed by atoms with Crippen molar-refractivity contribution in [1.82, 2.24) is 20.1 Å². The van der Waals surface area contributed by atoms with E-state index in [1.807, 2.05) is 0 Å². The number of carbonyl (C=O) groups excluding carboxylic acids is 1. The molecule has 0 aliphatic heterocycles. The van der Waals surface area contributed by atoms with Gasteiger partial charge in [-0.05, 0) is 37.1 Å². The van der Waals surface area contributed by atoms with Gasteiger partial charge < -0.3 is 5.32 Å². The van der Waals surface area contributed by atoms with E-state index in [0.717, 1.165) is 24.4 Å². The lowest BCUT2D eigenvalue weighted by atomic mass is 10.1. The molecular formula is C19H13F5N4O. The van der Waals surface area contributed by atoms with E-state index in [2.05, 4.69) is 15.4 Å². The van der Waals surface area contributed by atoms with Gasteiger partial charge in [0.2, 0.25) is 0 Å². The van der Waals surface area contributed by atoms with Crippen molar-refractivity contribution in [3.63, 3.8) is 0 Å². The van der Waals surface area contributed by atoms with Crippen LogP contribution in [-0.4, -0.2) is 20.7 Å². The van der Waals surface area contributed by atoms with E-state index in [-0.39, 0.29) is 11.3 Å². The smallest absolute Gasteiger partial charge is 0.345 e. The summed E-state index contributed by atoms with van der Waals surface area (Å²) in [6, 6.07) is 4.31. The van der Waals surface area contributed by atoms with Crippen LogP contribution in [0, 0.1) is 11.6 Å². The van der Waals surface area contributed by atoms with Crippen LogP contribution >= 0.6 is 0 Å². The van der Waals surface area contributed by atoms with Gasteiger partial charge in [-0.25, -0.2) is 13.5 Å². The van der Waals surface area contributed by atoms with Crippen LogP contribution in [0.4, 0.5) is 22.0 Å². The molecule has 1 atom stereocenters. The zero-order chi connectivity index (χ0) is 20.8. The molecule has 0 fully saturated rings. The first-order valence-corrected chi connectivity index (χ1v) is 8.60. The molecule has 10 heteroatoms. The van der Waals surface area contributed by atoms with E-state index in [9.17, 15) is 26.7 Å². The fourth-order valence-corrected chi connectivity index (χ4v) is 3.27. The number of nitrogens with one attached hydrogen (secondary N) is 1. The minimum Gasteiger partial charge on any atom is -0.345 e. The van der Waals surface area contributed by atoms with Crippen molar-refractivity contribution in [2.45, 2.75) is 25.1 Å². The standard InChI is InChI=1S/C19H13F5N4O/c20-11-5-10(6-12(21)7-11)18(29)26-15-1-2-16-14(15)9-28(27-16)13-3-4-25-17(8-13)19(22,23)24/h3-9,15H,1-2H2,(H,26,29)/t15-/m1/s1. The number of benzene rings is 1. The van der Waals surface area contributed by atoms with Crippen molar-refractivity contribution in [1.29, 1.82) is 0 Å². The highest BCUT2D eigenvalue weighted by Crippen LogP contribution is 2.32. The molecule has 0 radical (unpaired) electrons. The van der Waals surface area contributed by atoms with Gasteiger partial charge in [-0.15, -0.1) is 0 Å². The number of hydrogen-bond acceptors (Lipinski definition) is 3. The third-order valence-electron chi connectivity index (χ3n) is 4.60. The van der Waals surface area contributed by atoms with Crippen LogP contribution in [0.3, 0.4) is 0 Å². The molecule has 3 aromatic rings. The first kappa shape index (κ1) is 19.0. The molecule has 0 spiro atoms. The third-order valence-corrected chi connectivity index (χ3v) is 4.60. The lowest BCUT2D eigenvalue weighted by molar-refractivity contribution is -0.141. The summed E-state index contributed by atoms with van der Waals surface area (Å²) in [6.07, 6.45) is -0.978. The molecule has 1 aliphatic carbocycles. The number of aryl methyl sites for hydroxylation is 1. The molecule has 1 aliphatic rings. The van der Waals surface area contributed by atoms with Gasteiger partial charge in [0.05, 0.1) is 17.4 Å². The second-order valence-electron chi connectivity index (χ2n) is 6.60. The van der Waals surface area contributed by atoms with E-state index in [4.69, 9.17) is 0 Å². The number of alkyl halides is 3. The Balaban J connectivity index is 1.57. The van der Waals surface area contributed by atoms with Crippen LogP contribution in [0.25, 0.3) is 5.69 Å². The molecule has 1 aromatic carbocycles.